The molecule has 0 radical (unpaired) electrons. The van der Waals surface area contributed by atoms with Crippen molar-refractivity contribution in [2.45, 2.75) is 13.8 Å². The topological polar surface area (TPSA) is 50.4 Å². The van der Waals surface area contributed by atoms with E-state index in [9.17, 15) is 0 Å². The summed E-state index contributed by atoms with van der Waals surface area (Å²) in [5.41, 5.74) is 0. The van der Waals surface area contributed by atoms with Gasteiger partial charge in [0.15, 0.2) is 5.84 Å². The second-order valence-electron chi connectivity index (χ2n) is 2.56. The van der Waals surface area contributed by atoms with Crippen molar-refractivity contribution in [3.05, 3.63) is 18.5 Å². The lowest BCUT2D eigenvalue weighted by Gasteiger charge is -2.06. The van der Waals surface area contributed by atoms with Gasteiger partial charge in [0.05, 0.1) is 0 Å². The van der Waals surface area contributed by atoms with Crippen molar-refractivity contribution in [3.8, 4) is 0 Å². The first-order valence-corrected chi connectivity index (χ1v) is 3.47. The lowest BCUT2D eigenvalue weighted by Crippen LogP contribution is -2.18. The van der Waals surface area contributed by atoms with Crippen LogP contribution in [0.3, 0.4) is 0 Å². The summed E-state index contributed by atoms with van der Waals surface area (Å²) in [6, 6.07) is 1.79. The molecule has 0 atom stereocenters. The average molecular weight is 153 g/mol. The van der Waals surface area contributed by atoms with Gasteiger partial charge in [-0.05, 0) is 6.07 Å². The summed E-state index contributed by atoms with van der Waals surface area (Å²) in [5.74, 6) is 0.718. The van der Waals surface area contributed by atoms with Crippen LogP contribution in [0.25, 0.3) is 0 Å². The molecule has 1 rings (SSSR count). The van der Waals surface area contributed by atoms with Crippen LogP contribution in [0.1, 0.15) is 13.8 Å². The molecule has 4 heteroatoms. The second kappa shape index (κ2) is 3.18. The molecule has 11 heavy (non-hydrogen) atoms. The maximum Gasteiger partial charge on any atom is 0.171 e. The molecule has 60 valence electrons. The third-order valence-corrected chi connectivity index (χ3v) is 1.36. The van der Waals surface area contributed by atoms with Gasteiger partial charge in [0.2, 0.25) is 0 Å². The first kappa shape index (κ1) is 7.78. The van der Waals surface area contributed by atoms with Crippen molar-refractivity contribution in [2.75, 3.05) is 0 Å². The van der Waals surface area contributed by atoms with Crippen LogP contribution in [0.4, 0.5) is 0 Å². The number of aromatic nitrogens is 2. The van der Waals surface area contributed by atoms with Crippen LogP contribution >= 0.6 is 0 Å². The van der Waals surface area contributed by atoms with E-state index in [1.807, 2.05) is 13.8 Å². The van der Waals surface area contributed by atoms with E-state index in [2.05, 4.69) is 10.3 Å². The maximum absolute atomic E-state index is 8.60. The fourth-order valence-electron chi connectivity index (χ4n) is 0.830. The monoisotopic (exact) mass is 153 g/mol. The van der Waals surface area contributed by atoms with E-state index in [0.717, 1.165) is 0 Å². The summed E-state index contributed by atoms with van der Waals surface area (Å²) >= 11 is 0. The van der Waals surface area contributed by atoms with Gasteiger partial charge in [-0.15, -0.1) is 0 Å². The number of hydrogen-bond donors (Lipinski definition) is 1. The van der Waals surface area contributed by atoms with Gasteiger partial charge in [-0.2, -0.15) is 5.10 Å². The Morgan fingerprint density at radius 3 is 2.73 bits per heavy atom. The smallest absolute Gasteiger partial charge is 0.171 e. The van der Waals surface area contributed by atoms with Gasteiger partial charge in [0.25, 0.3) is 0 Å². The third kappa shape index (κ3) is 1.58. The summed E-state index contributed by atoms with van der Waals surface area (Å²) in [6.45, 7) is 3.88. The molecule has 0 saturated heterocycles. The fraction of sp³-hybridized carbons (Fsp3) is 0.429. The molecule has 1 aromatic rings. The highest BCUT2D eigenvalue weighted by Crippen LogP contribution is 1.98. The third-order valence-electron chi connectivity index (χ3n) is 1.36. The zero-order valence-electron chi connectivity index (χ0n) is 6.60. The molecule has 0 aliphatic rings. The Hall–Kier alpha value is -1.32. The quantitative estimate of drug-likeness (QED) is 0.285. The SMILES string of the molecule is CC(C)C(=NO)n1cccn1. The Kier molecular flexibility index (Phi) is 2.25. The molecule has 0 fully saturated rings. The Morgan fingerprint density at radius 1 is 1.64 bits per heavy atom. The summed E-state index contributed by atoms with van der Waals surface area (Å²) < 4.78 is 1.55. The van der Waals surface area contributed by atoms with Crippen LogP contribution in [-0.4, -0.2) is 20.8 Å². The van der Waals surface area contributed by atoms with E-state index in [4.69, 9.17) is 5.21 Å². The highest BCUT2D eigenvalue weighted by Gasteiger charge is 2.07. The number of hydrogen-bond acceptors (Lipinski definition) is 3. The van der Waals surface area contributed by atoms with Crippen LogP contribution in [0.2, 0.25) is 0 Å². The zero-order valence-corrected chi connectivity index (χ0v) is 6.60. The molecule has 0 bridgehead atoms. The molecule has 0 aromatic carbocycles. The average Bonchev–Trinajstić information content (AvgIpc) is 2.40. The van der Waals surface area contributed by atoms with Crippen LogP contribution in [0.5, 0.6) is 0 Å². The number of oxime groups is 1. The molecule has 0 aliphatic carbocycles. The second-order valence-corrected chi connectivity index (χ2v) is 2.56. The zero-order chi connectivity index (χ0) is 8.27. The molecule has 1 aromatic heterocycles. The molecule has 1 heterocycles. The standard InChI is InChI=1S/C7H11N3O/c1-6(2)7(9-11)10-5-3-4-8-10/h3-6,11H,1-2H3. The molecule has 0 amide bonds. The Bertz CT molecular complexity index is 238. The summed E-state index contributed by atoms with van der Waals surface area (Å²) in [7, 11) is 0. The molecule has 0 saturated carbocycles. The predicted molar refractivity (Wildman–Crippen MR) is 41.7 cm³/mol. The Labute approximate surface area is 65.1 Å². The highest BCUT2D eigenvalue weighted by atomic mass is 16.4. The molecule has 0 aliphatic heterocycles. The van der Waals surface area contributed by atoms with Crippen molar-refractivity contribution in [1.29, 1.82) is 0 Å². The van der Waals surface area contributed by atoms with Gasteiger partial charge >= 0.3 is 0 Å². The molecular formula is C7H11N3O. The van der Waals surface area contributed by atoms with Crippen LogP contribution in [0, 0.1) is 5.92 Å². The predicted octanol–water partition coefficient (Wildman–Crippen LogP) is 1.17. The lowest BCUT2D eigenvalue weighted by atomic mass is 10.2. The minimum atomic E-state index is 0.167. The molecule has 1 N–H and O–H groups in total. The van der Waals surface area contributed by atoms with Crippen LogP contribution in [-0.2, 0) is 0 Å². The minimum absolute atomic E-state index is 0.167. The van der Waals surface area contributed by atoms with E-state index in [1.54, 1.807) is 23.1 Å². The summed E-state index contributed by atoms with van der Waals surface area (Å²) in [6.07, 6.45) is 3.39. The van der Waals surface area contributed by atoms with Gasteiger partial charge in [0, 0.05) is 18.3 Å². The Balaban J connectivity index is 2.90. The van der Waals surface area contributed by atoms with E-state index in [1.165, 1.54) is 0 Å². The van der Waals surface area contributed by atoms with E-state index in [-0.39, 0.29) is 5.92 Å². The van der Waals surface area contributed by atoms with Gasteiger partial charge in [-0.25, -0.2) is 4.68 Å². The van der Waals surface area contributed by atoms with Crippen molar-refractivity contribution in [2.24, 2.45) is 11.1 Å². The molecule has 0 spiro atoms. The molecule has 0 unspecified atom stereocenters. The van der Waals surface area contributed by atoms with E-state index >= 15 is 0 Å². The lowest BCUT2D eigenvalue weighted by molar-refractivity contribution is 0.312. The normalized spacial score (nSPS) is 12.5. The van der Waals surface area contributed by atoms with Crippen LogP contribution < -0.4 is 0 Å². The van der Waals surface area contributed by atoms with Crippen molar-refractivity contribution in [1.82, 2.24) is 9.78 Å². The first-order chi connectivity index (χ1) is 5.25. The van der Waals surface area contributed by atoms with Crippen molar-refractivity contribution >= 4 is 5.84 Å². The van der Waals surface area contributed by atoms with E-state index in [0.29, 0.717) is 5.84 Å². The first-order valence-electron chi connectivity index (χ1n) is 3.47. The van der Waals surface area contributed by atoms with Crippen LogP contribution in [0.15, 0.2) is 23.6 Å². The van der Waals surface area contributed by atoms with Gasteiger partial charge in [-0.1, -0.05) is 19.0 Å². The molecular weight excluding hydrogens is 142 g/mol. The summed E-state index contributed by atoms with van der Waals surface area (Å²) in [5, 5.41) is 15.7. The largest absolute Gasteiger partial charge is 0.409 e. The maximum atomic E-state index is 8.60. The van der Waals surface area contributed by atoms with Crippen molar-refractivity contribution < 1.29 is 5.21 Å². The number of rotatable bonds is 1. The van der Waals surface area contributed by atoms with Crippen molar-refractivity contribution in [3.63, 3.8) is 0 Å². The molecule has 4 nitrogen and oxygen atoms in total. The Morgan fingerprint density at radius 2 is 2.36 bits per heavy atom. The van der Waals surface area contributed by atoms with Gasteiger partial charge < -0.3 is 5.21 Å². The minimum Gasteiger partial charge on any atom is -0.409 e. The highest BCUT2D eigenvalue weighted by molar-refractivity contribution is 5.84. The fourth-order valence-corrected chi connectivity index (χ4v) is 0.830. The number of nitrogens with zero attached hydrogens (tertiary/aromatic N) is 3. The van der Waals surface area contributed by atoms with Gasteiger partial charge in [-0.3, -0.25) is 0 Å². The van der Waals surface area contributed by atoms with Gasteiger partial charge in [0.1, 0.15) is 0 Å². The summed E-state index contributed by atoms with van der Waals surface area (Å²) in [4.78, 5) is 0. The van der Waals surface area contributed by atoms with E-state index < -0.39 is 0 Å².